The minimum atomic E-state index is -0.0691. The van der Waals surface area contributed by atoms with E-state index in [1.54, 1.807) is 13.1 Å². The molecule has 2 heterocycles. The number of likely N-dealkylation sites (N-methyl/N-ethyl adjacent to an activating group) is 1. The van der Waals surface area contributed by atoms with E-state index in [4.69, 9.17) is 17.0 Å². The number of carbonyl (C=O) groups is 1. The Morgan fingerprint density at radius 1 is 1.33 bits per heavy atom. The average molecular weight is 318 g/mol. The number of benzene rings is 1. The van der Waals surface area contributed by atoms with Crippen molar-refractivity contribution in [1.82, 2.24) is 4.90 Å². The number of nitrogens with zero attached hydrogens (tertiary/aromatic N) is 2. The summed E-state index contributed by atoms with van der Waals surface area (Å²) in [4.78, 5) is 16.1. The van der Waals surface area contributed by atoms with E-state index >= 15 is 0 Å². The molecule has 2 aliphatic heterocycles. The minimum Gasteiger partial charge on any atom is -0.439 e. The van der Waals surface area contributed by atoms with Crippen molar-refractivity contribution in [2.24, 2.45) is 0 Å². The Balaban J connectivity index is 1.89. The van der Waals surface area contributed by atoms with Crippen LogP contribution in [0.25, 0.3) is 0 Å². The molecule has 4 nitrogen and oxygen atoms in total. The molecule has 0 bridgehead atoms. The van der Waals surface area contributed by atoms with Crippen LogP contribution in [0.2, 0.25) is 0 Å². The molecule has 0 spiro atoms. The summed E-state index contributed by atoms with van der Waals surface area (Å²) in [5.41, 5.74) is 1.04. The lowest BCUT2D eigenvalue weighted by Gasteiger charge is -2.14. The van der Waals surface area contributed by atoms with Crippen LogP contribution in [0.5, 0.6) is 5.75 Å². The number of ether oxygens (including phenoxy) is 1. The first kappa shape index (κ1) is 14.2. The van der Waals surface area contributed by atoms with Crippen LogP contribution in [0.1, 0.15) is 6.92 Å². The zero-order valence-corrected chi connectivity index (χ0v) is 13.3. The number of para-hydroxylation sites is 2. The summed E-state index contributed by atoms with van der Waals surface area (Å²) in [6.07, 6.45) is 3.60. The summed E-state index contributed by atoms with van der Waals surface area (Å²) in [5, 5.41) is 0. The van der Waals surface area contributed by atoms with Crippen LogP contribution in [0.3, 0.4) is 0 Å². The van der Waals surface area contributed by atoms with Crippen LogP contribution in [-0.2, 0) is 4.79 Å². The van der Waals surface area contributed by atoms with Crippen molar-refractivity contribution in [3.63, 3.8) is 0 Å². The van der Waals surface area contributed by atoms with E-state index in [1.807, 2.05) is 30.3 Å². The SMILES string of the molecule is CCN1/C(=C/C=C2/SC(=S)N(C)C2=O)Oc2ccccc21. The van der Waals surface area contributed by atoms with Crippen LogP contribution < -0.4 is 9.64 Å². The lowest BCUT2D eigenvalue weighted by molar-refractivity contribution is -0.121. The maximum absolute atomic E-state index is 12.0. The first-order chi connectivity index (χ1) is 10.1. The van der Waals surface area contributed by atoms with Gasteiger partial charge in [-0.25, -0.2) is 0 Å². The number of amides is 1. The standard InChI is InChI=1S/C15H14N2O2S2/c1-3-17-10-6-4-5-7-11(10)19-13(17)9-8-12-14(18)16(2)15(20)21-12/h4-9H,3H2,1-2H3/b12-8+,13-9-. The van der Waals surface area contributed by atoms with Crippen LogP contribution in [0.4, 0.5) is 5.69 Å². The lowest BCUT2D eigenvalue weighted by atomic mass is 10.3. The number of thiocarbonyl (C=S) groups is 1. The molecule has 21 heavy (non-hydrogen) atoms. The highest BCUT2D eigenvalue weighted by atomic mass is 32.2. The van der Waals surface area contributed by atoms with Crippen molar-refractivity contribution in [3.8, 4) is 5.75 Å². The van der Waals surface area contributed by atoms with E-state index in [-0.39, 0.29) is 5.91 Å². The fourth-order valence-electron chi connectivity index (χ4n) is 2.21. The minimum absolute atomic E-state index is 0.0691. The molecular weight excluding hydrogens is 304 g/mol. The highest BCUT2D eigenvalue weighted by Gasteiger charge is 2.29. The van der Waals surface area contributed by atoms with E-state index in [1.165, 1.54) is 16.7 Å². The summed E-state index contributed by atoms with van der Waals surface area (Å²) >= 11 is 6.42. The normalized spacial score (nSPS) is 21.4. The van der Waals surface area contributed by atoms with Gasteiger partial charge in [0.25, 0.3) is 5.91 Å². The van der Waals surface area contributed by atoms with E-state index in [0.29, 0.717) is 9.23 Å². The fraction of sp³-hybridized carbons (Fsp3) is 0.200. The summed E-state index contributed by atoms with van der Waals surface area (Å²) in [6, 6.07) is 7.88. The van der Waals surface area contributed by atoms with Gasteiger partial charge in [0.15, 0.2) is 5.75 Å². The molecular formula is C15H14N2O2S2. The topological polar surface area (TPSA) is 32.8 Å². The quantitative estimate of drug-likeness (QED) is 0.618. The molecule has 2 aliphatic rings. The van der Waals surface area contributed by atoms with Gasteiger partial charge in [-0.15, -0.1) is 0 Å². The Labute approximate surface area is 133 Å². The number of carbonyl (C=O) groups excluding carboxylic acids is 1. The zero-order valence-electron chi connectivity index (χ0n) is 11.7. The van der Waals surface area contributed by atoms with Crippen LogP contribution >= 0.6 is 24.0 Å². The van der Waals surface area contributed by atoms with Crippen molar-refractivity contribution in [1.29, 1.82) is 0 Å². The van der Waals surface area contributed by atoms with Gasteiger partial charge in [0, 0.05) is 19.7 Å². The molecule has 1 saturated heterocycles. The average Bonchev–Trinajstić information content (AvgIpc) is 2.97. The Bertz CT molecular complexity index is 682. The molecule has 0 atom stereocenters. The predicted octanol–water partition coefficient (Wildman–Crippen LogP) is 3.12. The molecule has 3 rings (SSSR count). The highest BCUT2D eigenvalue weighted by molar-refractivity contribution is 8.26. The highest BCUT2D eigenvalue weighted by Crippen LogP contribution is 2.38. The predicted molar refractivity (Wildman–Crippen MR) is 89.2 cm³/mol. The molecule has 0 radical (unpaired) electrons. The molecule has 1 amide bonds. The maximum atomic E-state index is 12.0. The molecule has 1 aromatic carbocycles. The Hall–Kier alpha value is -1.79. The number of anilines is 1. The number of rotatable bonds is 2. The maximum Gasteiger partial charge on any atom is 0.265 e. The Morgan fingerprint density at radius 3 is 2.76 bits per heavy atom. The first-order valence-electron chi connectivity index (χ1n) is 6.58. The number of thioether (sulfide) groups is 1. The fourth-order valence-corrected chi connectivity index (χ4v) is 3.33. The summed E-state index contributed by atoms with van der Waals surface area (Å²) in [7, 11) is 1.69. The van der Waals surface area contributed by atoms with Crippen LogP contribution in [0.15, 0.2) is 47.2 Å². The van der Waals surface area contributed by atoms with Crippen molar-refractivity contribution in [3.05, 3.63) is 47.2 Å². The Kier molecular flexibility index (Phi) is 3.73. The van der Waals surface area contributed by atoms with Crippen molar-refractivity contribution >= 4 is 39.9 Å². The molecule has 0 aliphatic carbocycles. The number of hydrogen-bond acceptors (Lipinski definition) is 5. The molecule has 1 aromatic rings. The molecule has 0 N–H and O–H groups in total. The number of hydrogen-bond donors (Lipinski definition) is 0. The summed E-state index contributed by atoms with van der Waals surface area (Å²) in [5.74, 6) is 1.49. The smallest absolute Gasteiger partial charge is 0.265 e. The molecule has 6 heteroatoms. The second-order valence-corrected chi connectivity index (χ2v) is 6.26. The first-order valence-corrected chi connectivity index (χ1v) is 7.80. The molecule has 108 valence electrons. The largest absolute Gasteiger partial charge is 0.439 e. The van der Waals surface area contributed by atoms with Gasteiger partial charge in [-0.3, -0.25) is 9.69 Å². The van der Waals surface area contributed by atoms with E-state index < -0.39 is 0 Å². The van der Waals surface area contributed by atoms with E-state index in [2.05, 4.69) is 11.8 Å². The van der Waals surface area contributed by atoms with Gasteiger partial charge in [-0.2, -0.15) is 0 Å². The van der Waals surface area contributed by atoms with Gasteiger partial charge in [-0.1, -0.05) is 36.1 Å². The third-order valence-corrected chi connectivity index (χ3v) is 4.82. The van der Waals surface area contributed by atoms with Gasteiger partial charge in [0.2, 0.25) is 5.88 Å². The van der Waals surface area contributed by atoms with Gasteiger partial charge in [0.1, 0.15) is 4.32 Å². The lowest BCUT2D eigenvalue weighted by Crippen LogP contribution is -2.22. The molecule has 0 saturated carbocycles. The van der Waals surface area contributed by atoms with Crippen LogP contribution in [-0.4, -0.2) is 28.7 Å². The van der Waals surface area contributed by atoms with E-state index in [0.717, 1.165) is 23.9 Å². The zero-order chi connectivity index (χ0) is 15.0. The van der Waals surface area contributed by atoms with Crippen LogP contribution in [0, 0.1) is 0 Å². The molecule has 0 unspecified atom stereocenters. The van der Waals surface area contributed by atoms with Gasteiger partial charge < -0.3 is 9.64 Å². The van der Waals surface area contributed by atoms with Crippen molar-refractivity contribution in [2.75, 3.05) is 18.5 Å². The van der Waals surface area contributed by atoms with Gasteiger partial charge in [-0.05, 0) is 25.1 Å². The number of fused-ring (bicyclic) bond motifs is 1. The molecule has 1 fully saturated rings. The van der Waals surface area contributed by atoms with Crippen molar-refractivity contribution in [2.45, 2.75) is 6.92 Å². The van der Waals surface area contributed by atoms with Gasteiger partial charge >= 0.3 is 0 Å². The third kappa shape index (κ3) is 2.45. The van der Waals surface area contributed by atoms with Crippen molar-refractivity contribution < 1.29 is 9.53 Å². The van der Waals surface area contributed by atoms with E-state index in [9.17, 15) is 4.79 Å². The third-order valence-electron chi connectivity index (χ3n) is 3.32. The van der Waals surface area contributed by atoms with Gasteiger partial charge in [0.05, 0.1) is 10.6 Å². The summed E-state index contributed by atoms with van der Waals surface area (Å²) in [6.45, 7) is 2.86. The monoisotopic (exact) mass is 318 g/mol. The second kappa shape index (κ2) is 5.54. The second-order valence-electron chi connectivity index (χ2n) is 4.58. The summed E-state index contributed by atoms with van der Waals surface area (Å²) < 4.78 is 6.41. The Morgan fingerprint density at radius 2 is 2.10 bits per heavy atom. The number of allylic oxidation sites excluding steroid dienone is 2. The molecule has 0 aromatic heterocycles.